The van der Waals surface area contributed by atoms with Crippen molar-refractivity contribution in [2.75, 3.05) is 40.9 Å². The summed E-state index contributed by atoms with van der Waals surface area (Å²) >= 11 is 0. The number of nitrogens with zero attached hydrogens (tertiary/aromatic N) is 1. The van der Waals surface area contributed by atoms with E-state index in [1.54, 1.807) is 6.08 Å². The van der Waals surface area contributed by atoms with Crippen molar-refractivity contribution < 1.29 is 32.9 Å². The first-order valence-corrected chi connectivity index (χ1v) is 29.9. The van der Waals surface area contributed by atoms with Gasteiger partial charge in [0.15, 0.2) is 0 Å². The van der Waals surface area contributed by atoms with Crippen molar-refractivity contribution in [1.29, 1.82) is 0 Å². The van der Waals surface area contributed by atoms with Crippen molar-refractivity contribution in [1.82, 2.24) is 5.32 Å². The fourth-order valence-electron chi connectivity index (χ4n) is 7.92. The molecule has 1 amide bonds. The van der Waals surface area contributed by atoms with E-state index in [9.17, 15) is 19.4 Å². The zero-order valence-corrected chi connectivity index (χ0v) is 46.4. The van der Waals surface area contributed by atoms with Crippen LogP contribution in [0, 0.1) is 0 Å². The van der Waals surface area contributed by atoms with E-state index in [-0.39, 0.29) is 19.1 Å². The van der Waals surface area contributed by atoms with Crippen LogP contribution < -0.4 is 10.2 Å². The lowest BCUT2D eigenvalue weighted by atomic mass is 10.0. The summed E-state index contributed by atoms with van der Waals surface area (Å²) in [6.07, 6.45) is 70.8. The van der Waals surface area contributed by atoms with Gasteiger partial charge in [-0.15, -0.1) is 0 Å². The molecular formula is C60H109N2O6P. The highest BCUT2D eigenvalue weighted by atomic mass is 31.2. The summed E-state index contributed by atoms with van der Waals surface area (Å²) < 4.78 is 23.3. The first kappa shape index (κ1) is 66.7. The first-order valence-electron chi connectivity index (χ1n) is 28.4. The summed E-state index contributed by atoms with van der Waals surface area (Å²) in [7, 11) is 1.25. The standard InChI is InChI=1S/C60H109N2O6P/c1-6-8-10-12-14-16-18-20-22-24-25-26-27-28-29-30-31-32-33-34-35-36-37-38-40-42-44-46-48-50-52-54-60(64)61-58(57-68-69(65,66)67-56-55-62(3,4)5)59(63)53-51-49-47-45-43-41-39-23-21-19-17-15-13-11-9-7-2/h8,10,14,16,20,22,25-26,28-29,31-32,51,53,58-59,63H,6-7,9,11-13,15,17-19,21,23-24,27,30,33-50,52,54-57H2,1-5H3,(H-,61,64,65,66)/b10-8-,16-14-,22-20-,26-25-,29-28-,32-31-,53-51+. The third-order valence-electron chi connectivity index (χ3n) is 12.4. The highest BCUT2D eigenvalue weighted by Crippen LogP contribution is 2.38. The molecule has 3 atom stereocenters. The van der Waals surface area contributed by atoms with E-state index in [0.29, 0.717) is 17.4 Å². The van der Waals surface area contributed by atoms with Gasteiger partial charge in [-0.25, -0.2) is 0 Å². The fourth-order valence-corrected chi connectivity index (χ4v) is 8.64. The van der Waals surface area contributed by atoms with E-state index in [4.69, 9.17) is 9.05 Å². The Hall–Kier alpha value is -2.32. The summed E-state index contributed by atoms with van der Waals surface area (Å²) in [5, 5.41) is 13.9. The number of carbonyl (C=O) groups is 1. The molecule has 2 N–H and O–H groups in total. The van der Waals surface area contributed by atoms with Gasteiger partial charge in [-0.05, 0) is 70.6 Å². The first-order chi connectivity index (χ1) is 33.5. The van der Waals surface area contributed by atoms with Gasteiger partial charge in [-0.3, -0.25) is 9.36 Å². The molecule has 9 heteroatoms. The number of amides is 1. The minimum Gasteiger partial charge on any atom is -0.756 e. The lowest BCUT2D eigenvalue weighted by Crippen LogP contribution is -2.45. The number of unbranched alkanes of at least 4 members (excludes halogenated alkanes) is 26. The Bertz CT molecular complexity index is 1400. The molecular weight excluding hydrogens is 876 g/mol. The zero-order valence-electron chi connectivity index (χ0n) is 45.5. The van der Waals surface area contributed by atoms with Gasteiger partial charge in [-0.1, -0.05) is 247 Å². The molecule has 0 aliphatic heterocycles. The van der Waals surface area contributed by atoms with E-state index in [0.717, 1.165) is 77.0 Å². The summed E-state index contributed by atoms with van der Waals surface area (Å²) in [6, 6.07) is -0.892. The van der Waals surface area contributed by atoms with Crippen LogP contribution >= 0.6 is 7.82 Å². The molecule has 0 heterocycles. The third kappa shape index (κ3) is 53.3. The third-order valence-corrected chi connectivity index (χ3v) is 13.3. The molecule has 0 rings (SSSR count). The van der Waals surface area contributed by atoms with Crippen molar-refractivity contribution >= 4 is 13.7 Å². The van der Waals surface area contributed by atoms with Crippen molar-refractivity contribution in [2.24, 2.45) is 0 Å². The molecule has 0 saturated carbocycles. The van der Waals surface area contributed by atoms with Gasteiger partial charge in [-0.2, -0.15) is 0 Å². The van der Waals surface area contributed by atoms with Gasteiger partial charge in [0.1, 0.15) is 13.2 Å². The minimum atomic E-state index is -4.60. The van der Waals surface area contributed by atoms with Crippen LogP contribution in [0.15, 0.2) is 85.1 Å². The Labute approximate surface area is 426 Å². The molecule has 0 bridgehead atoms. The summed E-state index contributed by atoms with van der Waals surface area (Å²) in [6.45, 7) is 4.54. The van der Waals surface area contributed by atoms with Gasteiger partial charge in [0.25, 0.3) is 7.82 Å². The fraction of sp³-hybridized carbons (Fsp3) is 0.750. The molecule has 0 aromatic heterocycles. The van der Waals surface area contributed by atoms with E-state index < -0.39 is 20.0 Å². The average Bonchev–Trinajstić information content (AvgIpc) is 3.31. The maximum Gasteiger partial charge on any atom is 0.268 e. The van der Waals surface area contributed by atoms with E-state index >= 15 is 0 Å². The Morgan fingerprint density at radius 1 is 0.522 bits per heavy atom. The van der Waals surface area contributed by atoms with Gasteiger partial charge < -0.3 is 28.8 Å². The van der Waals surface area contributed by atoms with Crippen LogP contribution in [0.3, 0.4) is 0 Å². The molecule has 0 fully saturated rings. The molecule has 0 aromatic rings. The number of likely N-dealkylation sites (N-methyl/N-ethyl adjacent to an activating group) is 1. The van der Waals surface area contributed by atoms with E-state index in [2.05, 4.69) is 92.1 Å². The number of aliphatic hydroxyl groups excluding tert-OH is 1. The van der Waals surface area contributed by atoms with Crippen molar-refractivity contribution in [2.45, 2.75) is 251 Å². The predicted molar refractivity (Wildman–Crippen MR) is 297 cm³/mol. The van der Waals surface area contributed by atoms with E-state index in [1.807, 2.05) is 27.2 Å². The van der Waals surface area contributed by atoms with Crippen LogP contribution in [0.25, 0.3) is 0 Å². The molecule has 0 aliphatic rings. The van der Waals surface area contributed by atoms with Crippen molar-refractivity contribution in [3.8, 4) is 0 Å². The quantitative estimate of drug-likeness (QED) is 0.0272. The number of rotatable bonds is 51. The lowest BCUT2D eigenvalue weighted by Gasteiger charge is -2.29. The Morgan fingerprint density at radius 3 is 1.29 bits per heavy atom. The van der Waals surface area contributed by atoms with Crippen LogP contribution in [0.1, 0.15) is 239 Å². The highest BCUT2D eigenvalue weighted by molar-refractivity contribution is 7.45. The van der Waals surface area contributed by atoms with Gasteiger partial charge >= 0.3 is 0 Å². The van der Waals surface area contributed by atoms with Gasteiger partial charge in [0.2, 0.25) is 5.91 Å². The smallest absolute Gasteiger partial charge is 0.268 e. The minimum absolute atomic E-state index is 0.00417. The second-order valence-corrected chi connectivity index (χ2v) is 21.7. The second-order valence-electron chi connectivity index (χ2n) is 20.3. The normalized spacial score (nSPS) is 14.6. The topological polar surface area (TPSA) is 108 Å². The molecule has 8 nitrogen and oxygen atoms in total. The van der Waals surface area contributed by atoms with Crippen LogP contribution in [0.5, 0.6) is 0 Å². The van der Waals surface area contributed by atoms with Crippen LogP contribution in [0.4, 0.5) is 0 Å². The molecule has 0 radical (unpaired) electrons. The monoisotopic (exact) mass is 985 g/mol. The van der Waals surface area contributed by atoms with Crippen LogP contribution in [-0.2, 0) is 18.4 Å². The highest BCUT2D eigenvalue weighted by Gasteiger charge is 2.23. The van der Waals surface area contributed by atoms with Crippen LogP contribution in [0.2, 0.25) is 0 Å². The number of phosphoric ester groups is 1. The summed E-state index contributed by atoms with van der Waals surface area (Å²) in [5.41, 5.74) is 0. The SMILES string of the molecule is CC/C=C\C/C=C\C/C=C\C/C=C\C/C=C\C/C=C\CCCCCCCCCCCCCCC(=O)NC(COP(=O)([O-])OCC[N+](C)(C)C)C(O)/C=C/CCCCCCCCCCCCCCCC. The molecule has 400 valence electrons. The van der Waals surface area contributed by atoms with Crippen molar-refractivity contribution in [3.05, 3.63) is 85.1 Å². The summed E-state index contributed by atoms with van der Waals surface area (Å²) in [4.78, 5) is 25.5. The zero-order chi connectivity index (χ0) is 50.6. The number of hydrogen-bond acceptors (Lipinski definition) is 6. The Kier molecular flexibility index (Phi) is 48.9. The summed E-state index contributed by atoms with van der Waals surface area (Å²) in [5.74, 6) is -0.202. The lowest BCUT2D eigenvalue weighted by molar-refractivity contribution is -0.870. The number of quaternary nitrogens is 1. The number of carbonyl (C=O) groups excluding carboxylic acids is 1. The number of nitrogens with one attached hydrogen (secondary N) is 1. The molecule has 0 spiro atoms. The second kappa shape index (κ2) is 50.6. The average molecular weight is 986 g/mol. The predicted octanol–water partition coefficient (Wildman–Crippen LogP) is 16.6. The molecule has 3 unspecified atom stereocenters. The molecule has 0 aromatic carbocycles. The molecule has 0 aliphatic carbocycles. The molecule has 0 saturated heterocycles. The number of aliphatic hydroxyl groups is 1. The Morgan fingerprint density at radius 2 is 0.884 bits per heavy atom. The van der Waals surface area contributed by atoms with Gasteiger partial charge in [0.05, 0.1) is 39.9 Å². The Balaban J connectivity index is 4.17. The maximum absolute atomic E-state index is 13.0. The van der Waals surface area contributed by atoms with E-state index in [1.165, 1.54) is 141 Å². The van der Waals surface area contributed by atoms with Crippen molar-refractivity contribution in [3.63, 3.8) is 0 Å². The largest absolute Gasteiger partial charge is 0.756 e. The number of phosphoric acid groups is 1. The number of hydrogen-bond donors (Lipinski definition) is 2. The maximum atomic E-state index is 13.0. The molecule has 69 heavy (non-hydrogen) atoms. The van der Waals surface area contributed by atoms with Gasteiger partial charge in [0, 0.05) is 6.42 Å². The van der Waals surface area contributed by atoms with Crippen LogP contribution in [-0.4, -0.2) is 68.5 Å². The number of allylic oxidation sites excluding steroid dienone is 13.